The fraction of sp³-hybridized carbons (Fsp3) is 0.929. The largest absolute Gasteiger partial charge is 0.345 e. The van der Waals surface area contributed by atoms with E-state index in [2.05, 4.69) is 6.92 Å². The lowest BCUT2D eigenvalue weighted by molar-refractivity contribution is -0.132. The molecule has 1 fully saturated rings. The summed E-state index contributed by atoms with van der Waals surface area (Å²) in [6.45, 7) is 3.77. The normalized spacial score (nSPS) is 17.6. The second kappa shape index (κ2) is 7.00. The molecule has 0 atom stereocenters. The highest BCUT2D eigenvalue weighted by atomic mass is 16.2. The van der Waals surface area contributed by atoms with Gasteiger partial charge in [0.25, 0.3) is 0 Å². The summed E-state index contributed by atoms with van der Waals surface area (Å²) in [4.78, 5) is 13.8. The molecule has 0 aromatic heterocycles. The van der Waals surface area contributed by atoms with Crippen LogP contribution in [0.2, 0.25) is 0 Å². The van der Waals surface area contributed by atoms with Crippen LogP contribution in [0.3, 0.4) is 0 Å². The van der Waals surface area contributed by atoms with Crippen LogP contribution in [0.1, 0.15) is 58.3 Å². The van der Waals surface area contributed by atoms with E-state index in [1.54, 1.807) is 0 Å². The van der Waals surface area contributed by atoms with E-state index in [0.717, 1.165) is 19.5 Å². The third kappa shape index (κ3) is 4.30. The third-order valence-corrected chi connectivity index (χ3v) is 4.09. The van der Waals surface area contributed by atoms with Gasteiger partial charge in [-0.25, -0.2) is 0 Å². The van der Waals surface area contributed by atoms with Crippen molar-refractivity contribution in [2.24, 2.45) is 11.1 Å². The highest BCUT2D eigenvalue weighted by Crippen LogP contribution is 2.40. The quantitative estimate of drug-likeness (QED) is 0.663. The van der Waals surface area contributed by atoms with Gasteiger partial charge in [0, 0.05) is 25.4 Å². The number of nitrogens with two attached hydrogens (primary N) is 1. The van der Waals surface area contributed by atoms with Crippen LogP contribution in [-0.4, -0.2) is 30.9 Å². The Hall–Kier alpha value is -0.570. The topological polar surface area (TPSA) is 46.3 Å². The first kappa shape index (κ1) is 14.5. The first-order chi connectivity index (χ1) is 8.13. The molecule has 2 N–H and O–H groups in total. The highest BCUT2D eigenvalue weighted by Gasteiger charge is 2.37. The van der Waals surface area contributed by atoms with Crippen molar-refractivity contribution in [3.63, 3.8) is 0 Å². The molecule has 0 radical (unpaired) electrons. The van der Waals surface area contributed by atoms with Crippen molar-refractivity contribution in [3.05, 3.63) is 0 Å². The van der Waals surface area contributed by atoms with Crippen molar-refractivity contribution in [2.75, 3.05) is 20.1 Å². The molecule has 0 bridgehead atoms. The lowest BCUT2D eigenvalue weighted by atomic mass is 9.68. The number of nitrogens with zero attached hydrogens (tertiary/aromatic N) is 1. The van der Waals surface area contributed by atoms with Crippen molar-refractivity contribution < 1.29 is 4.79 Å². The van der Waals surface area contributed by atoms with Gasteiger partial charge in [-0.15, -0.1) is 0 Å². The lowest BCUT2D eigenvalue weighted by Gasteiger charge is -2.43. The Kier molecular flexibility index (Phi) is 5.96. The van der Waals surface area contributed by atoms with Gasteiger partial charge in [-0.05, 0) is 25.8 Å². The number of hydrogen-bond acceptors (Lipinski definition) is 2. The van der Waals surface area contributed by atoms with Crippen LogP contribution in [0.15, 0.2) is 0 Å². The monoisotopic (exact) mass is 240 g/mol. The standard InChI is InChI=1S/C14H28N2O/c1-3-4-5-6-8-13(17)16(2)12-14(11-15)9-7-10-14/h3-12,15H2,1-2H3. The minimum absolute atomic E-state index is 0.244. The van der Waals surface area contributed by atoms with Gasteiger partial charge in [-0.3, -0.25) is 4.79 Å². The fourth-order valence-electron chi connectivity index (χ4n) is 2.59. The summed E-state index contributed by atoms with van der Waals surface area (Å²) in [5.41, 5.74) is 6.06. The molecule has 0 aromatic carbocycles. The van der Waals surface area contributed by atoms with E-state index >= 15 is 0 Å². The van der Waals surface area contributed by atoms with Crippen LogP contribution >= 0.6 is 0 Å². The van der Waals surface area contributed by atoms with Gasteiger partial charge in [0.05, 0.1) is 0 Å². The number of hydrogen-bond donors (Lipinski definition) is 1. The molecule has 1 amide bonds. The average Bonchev–Trinajstić information content (AvgIpc) is 2.28. The average molecular weight is 240 g/mol. The van der Waals surface area contributed by atoms with Crippen LogP contribution in [0.5, 0.6) is 0 Å². The molecule has 0 heterocycles. The minimum Gasteiger partial charge on any atom is -0.345 e. The third-order valence-electron chi connectivity index (χ3n) is 4.09. The molecule has 3 nitrogen and oxygen atoms in total. The van der Waals surface area contributed by atoms with Crippen LogP contribution < -0.4 is 5.73 Å². The van der Waals surface area contributed by atoms with Gasteiger partial charge in [0.2, 0.25) is 5.91 Å². The van der Waals surface area contributed by atoms with Crippen LogP contribution in [0.4, 0.5) is 0 Å². The summed E-state index contributed by atoms with van der Waals surface area (Å²) < 4.78 is 0. The maximum Gasteiger partial charge on any atom is 0.222 e. The Labute approximate surface area is 106 Å². The Morgan fingerprint density at radius 2 is 2.00 bits per heavy atom. The van der Waals surface area contributed by atoms with Crippen molar-refractivity contribution in [2.45, 2.75) is 58.3 Å². The van der Waals surface area contributed by atoms with Crippen molar-refractivity contribution >= 4 is 5.91 Å². The summed E-state index contributed by atoms with van der Waals surface area (Å²) >= 11 is 0. The molecule has 1 saturated carbocycles. The molecule has 0 aromatic rings. The van der Waals surface area contributed by atoms with Crippen molar-refractivity contribution in [1.29, 1.82) is 0 Å². The molecule has 0 saturated heterocycles. The Morgan fingerprint density at radius 3 is 2.47 bits per heavy atom. The number of amides is 1. The molecule has 0 aliphatic heterocycles. The SMILES string of the molecule is CCCCCCC(=O)N(C)CC1(CN)CCC1. The van der Waals surface area contributed by atoms with E-state index in [9.17, 15) is 4.79 Å². The van der Waals surface area contributed by atoms with Crippen molar-refractivity contribution in [3.8, 4) is 0 Å². The molecule has 1 rings (SSSR count). The number of carbonyl (C=O) groups excluding carboxylic acids is 1. The van der Waals surface area contributed by atoms with Gasteiger partial charge >= 0.3 is 0 Å². The second-order valence-electron chi connectivity index (χ2n) is 5.62. The zero-order valence-corrected chi connectivity index (χ0v) is 11.5. The van der Waals surface area contributed by atoms with Crippen LogP contribution in [-0.2, 0) is 4.79 Å². The maximum absolute atomic E-state index is 11.9. The summed E-state index contributed by atoms with van der Waals surface area (Å²) in [7, 11) is 1.93. The van der Waals surface area contributed by atoms with Gasteiger partial charge in [0.15, 0.2) is 0 Å². The maximum atomic E-state index is 11.9. The molecule has 0 unspecified atom stereocenters. The van der Waals surface area contributed by atoms with Gasteiger partial charge < -0.3 is 10.6 Å². The molecule has 3 heteroatoms. The Balaban J connectivity index is 2.22. The molecular formula is C14H28N2O. The summed E-state index contributed by atoms with van der Waals surface area (Å²) in [6.07, 6.45) is 9.04. The summed E-state index contributed by atoms with van der Waals surface area (Å²) in [6, 6.07) is 0. The molecule has 1 aliphatic carbocycles. The lowest BCUT2D eigenvalue weighted by Crippen LogP contribution is -2.47. The zero-order chi connectivity index (χ0) is 12.7. The van der Waals surface area contributed by atoms with E-state index in [1.165, 1.54) is 38.5 Å². The van der Waals surface area contributed by atoms with E-state index in [0.29, 0.717) is 12.3 Å². The van der Waals surface area contributed by atoms with Crippen molar-refractivity contribution in [1.82, 2.24) is 4.90 Å². The Bertz CT molecular complexity index is 231. The van der Waals surface area contributed by atoms with Gasteiger partial charge in [-0.2, -0.15) is 0 Å². The predicted octanol–water partition coefficient (Wildman–Crippen LogP) is 2.54. The summed E-state index contributed by atoms with van der Waals surface area (Å²) in [5.74, 6) is 0.292. The minimum atomic E-state index is 0.244. The molecule has 100 valence electrons. The molecule has 17 heavy (non-hydrogen) atoms. The number of rotatable bonds is 8. The van der Waals surface area contributed by atoms with Gasteiger partial charge in [-0.1, -0.05) is 32.6 Å². The smallest absolute Gasteiger partial charge is 0.222 e. The molecule has 1 aliphatic rings. The molecular weight excluding hydrogens is 212 g/mol. The van der Waals surface area contributed by atoms with E-state index in [4.69, 9.17) is 5.73 Å². The number of carbonyl (C=O) groups is 1. The van der Waals surface area contributed by atoms with E-state index < -0.39 is 0 Å². The predicted molar refractivity (Wildman–Crippen MR) is 71.7 cm³/mol. The summed E-state index contributed by atoms with van der Waals surface area (Å²) in [5, 5.41) is 0. The number of unbranched alkanes of at least 4 members (excludes halogenated alkanes) is 3. The van der Waals surface area contributed by atoms with E-state index in [-0.39, 0.29) is 5.41 Å². The first-order valence-corrected chi connectivity index (χ1v) is 7.07. The van der Waals surface area contributed by atoms with E-state index in [1.807, 2.05) is 11.9 Å². The zero-order valence-electron chi connectivity index (χ0n) is 11.5. The fourth-order valence-corrected chi connectivity index (χ4v) is 2.59. The van der Waals surface area contributed by atoms with Crippen LogP contribution in [0, 0.1) is 5.41 Å². The van der Waals surface area contributed by atoms with Crippen LogP contribution in [0.25, 0.3) is 0 Å². The molecule has 0 spiro atoms. The second-order valence-corrected chi connectivity index (χ2v) is 5.62. The first-order valence-electron chi connectivity index (χ1n) is 7.07. The Morgan fingerprint density at radius 1 is 1.29 bits per heavy atom. The highest BCUT2D eigenvalue weighted by molar-refractivity contribution is 5.75. The van der Waals surface area contributed by atoms with Gasteiger partial charge in [0.1, 0.15) is 0 Å².